The van der Waals surface area contributed by atoms with Gasteiger partial charge in [-0.25, -0.2) is 0 Å². The Labute approximate surface area is 264 Å². The third kappa shape index (κ3) is 12.0. The Balaban J connectivity index is 1.59. The van der Waals surface area contributed by atoms with Gasteiger partial charge in [0.2, 0.25) is 0 Å². The monoisotopic (exact) mass is 634 g/mol. The van der Waals surface area contributed by atoms with Crippen LogP contribution in [-0.2, 0) is 45.9 Å². The molecule has 43 heavy (non-hydrogen) atoms. The Morgan fingerprint density at radius 3 is 2.42 bits per heavy atom. The summed E-state index contributed by atoms with van der Waals surface area (Å²) < 4.78 is 37.6. The van der Waals surface area contributed by atoms with Crippen LogP contribution in [0.2, 0.25) is 19.6 Å². The SMILES string of the molecule is COCc1cccc(C[C@H](C=C[C@@H]2[C@@H](CCSC(C)=O)[C@@H](O[Si](C)(C)C)C[C@H]2OC2CCCCO2)OC2CCCCO2)c1. The molecule has 0 spiro atoms. The summed E-state index contributed by atoms with van der Waals surface area (Å²) in [4.78, 5) is 11.8. The first-order valence-corrected chi connectivity index (χ1v) is 20.7. The van der Waals surface area contributed by atoms with Gasteiger partial charge in [-0.3, -0.25) is 4.79 Å². The molecule has 0 N–H and O–H groups in total. The highest BCUT2D eigenvalue weighted by Gasteiger charge is 2.45. The molecule has 4 rings (SSSR count). The minimum Gasteiger partial charge on any atom is -0.414 e. The normalized spacial score (nSPS) is 29.2. The molecule has 1 aromatic rings. The third-order valence-electron chi connectivity index (χ3n) is 8.34. The zero-order valence-electron chi connectivity index (χ0n) is 27.0. The van der Waals surface area contributed by atoms with Crippen molar-refractivity contribution in [2.24, 2.45) is 11.8 Å². The molecule has 9 heteroatoms. The summed E-state index contributed by atoms with van der Waals surface area (Å²) in [6, 6.07) is 8.55. The molecule has 3 aliphatic rings. The highest BCUT2D eigenvalue weighted by Crippen LogP contribution is 2.42. The Morgan fingerprint density at radius 2 is 1.77 bits per heavy atom. The standard InChI is InChI=1S/C34H54O7SSi/c1-25(35)42-20-17-30-29(31(23-32(30)41-43(3,4)5)40-34-14-7-9-19-38-34)16-15-28(39-33-13-6-8-18-37-33)22-26-11-10-12-27(21-26)24-36-2/h10-12,15-16,21,28-34H,6-9,13-14,17-20,22-24H2,1-5H3/t28-,29+,30+,31+,32-,33?,34?/m0/s1. The van der Waals surface area contributed by atoms with Crippen molar-refractivity contribution in [3.8, 4) is 0 Å². The lowest BCUT2D eigenvalue weighted by Crippen LogP contribution is -2.35. The summed E-state index contributed by atoms with van der Waals surface area (Å²) in [6.07, 6.45) is 12.9. The lowest BCUT2D eigenvalue weighted by atomic mass is 9.90. The second kappa shape index (κ2) is 17.6. The van der Waals surface area contributed by atoms with Crippen LogP contribution >= 0.6 is 11.8 Å². The summed E-state index contributed by atoms with van der Waals surface area (Å²) in [5, 5.41) is 0.160. The molecule has 0 bridgehead atoms. The van der Waals surface area contributed by atoms with Crippen LogP contribution in [0, 0.1) is 11.8 Å². The van der Waals surface area contributed by atoms with E-state index in [9.17, 15) is 4.79 Å². The highest BCUT2D eigenvalue weighted by atomic mass is 32.2. The number of hydrogen-bond acceptors (Lipinski definition) is 8. The van der Waals surface area contributed by atoms with Crippen LogP contribution < -0.4 is 0 Å². The lowest BCUT2D eigenvalue weighted by molar-refractivity contribution is -0.193. The molecule has 2 saturated heterocycles. The number of carbonyl (C=O) groups is 1. The van der Waals surface area contributed by atoms with Crippen LogP contribution in [0.3, 0.4) is 0 Å². The van der Waals surface area contributed by atoms with Gasteiger partial charge >= 0.3 is 0 Å². The average Bonchev–Trinajstić information content (AvgIpc) is 3.26. The molecule has 2 aliphatic heterocycles. The van der Waals surface area contributed by atoms with Crippen molar-refractivity contribution in [3.63, 3.8) is 0 Å². The molecule has 2 unspecified atom stereocenters. The first-order valence-electron chi connectivity index (χ1n) is 16.3. The molecule has 0 aromatic heterocycles. The van der Waals surface area contributed by atoms with Crippen LogP contribution in [0.4, 0.5) is 0 Å². The predicted octanol–water partition coefficient (Wildman–Crippen LogP) is 7.28. The van der Waals surface area contributed by atoms with Gasteiger partial charge in [0.05, 0.1) is 24.9 Å². The number of methoxy groups -OCH3 is 1. The maximum Gasteiger partial charge on any atom is 0.185 e. The summed E-state index contributed by atoms with van der Waals surface area (Å²) >= 11 is 1.41. The molecule has 3 fully saturated rings. The number of benzene rings is 1. The quantitative estimate of drug-likeness (QED) is 0.147. The fourth-order valence-electron chi connectivity index (χ4n) is 6.49. The summed E-state index contributed by atoms with van der Waals surface area (Å²) in [5.74, 6) is 1.17. The molecule has 1 saturated carbocycles. The first kappa shape index (κ1) is 34.8. The van der Waals surface area contributed by atoms with E-state index in [1.54, 1.807) is 14.0 Å². The molecule has 0 amide bonds. The van der Waals surface area contributed by atoms with Gasteiger partial charge in [-0.2, -0.15) is 0 Å². The van der Waals surface area contributed by atoms with E-state index in [2.05, 4.69) is 56.1 Å². The van der Waals surface area contributed by atoms with Crippen LogP contribution in [0.1, 0.15) is 69.4 Å². The Hall–Kier alpha value is -1.04. The van der Waals surface area contributed by atoms with Crippen molar-refractivity contribution in [2.75, 3.05) is 26.1 Å². The van der Waals surface area contributed by atoms with Gasteiger partial charge in [-0.1, -0.05) is 48.2 Å². The van der Waals surface area contributed by atoms with Crippen molar-refractivity contribution in [3.05, 3.63) is 47.5 Å². The van der Waals surface area contributed by atoms with Crippen molar-refractivity contribution in [2.45, 2.75) is 122 Å². The van der Waals surface area contributed by atoms with Gasteiger partial charge in [-0.15, -0.1) is 0 Å². The minimum absolute atomic E-state index is 0.00959. The summed E-state index contributed by atoms with van der Waals surface area (Å²) in [5.41, 5.74) is 2.37. The summed E-state index contributed by atoms with van der Waals surface area (Å²) in [6.45, 7) is 10.5. The maximum atomic E-state index is 11.8. The fourth-order valence-corrected chi connectivity index (χ4v) is 8.35. The zero-order chi connectivity index (χ0) is 30.7. The largest absolute Gasteiger partial charge is 0.414 e. The number of carbonyl (C=O) groups excluding carboxylic acids is 1. The van der Waals surface area contributed by atoms with Gasteiger partial charge in [-0.05, 0) is 88.1 Å². The molecule has 7 atom stereocenters. The van der Waals surface area contributed by atoms with E-state index in [0.29, 0.717) is 6.61 Å². The lowest BCUT2D eigenvalue weighted by Gasteiger charge is -2.31. The molecule has 7 nitrogen and oxygen atoms in total. The van der Waals surface area contributed by atoms with Gasteiger partial charge in [0.25, 0.3) is 0 Å². The summed E-state index contributed by atoms with van der Waals surface area (Å²) in [7, 11) is -0.0834. The Morgan fingerprint density at radius 1 is 1.05 bits per heavy atom. The van der Waals surface area contributed by atoms with E-state index in [1.807, 2.05) is 0 Å². The second-order valence-electron chi connectivity index (χ2n) is 13.2. The number of rotatable bonds is 15. The van der Waals surface area contributed by atoms with Gasteiger partial charge in [0.1, 0.15) is 0 Å². The van der Waals surface area contributed by atoms with E-state index < -0.39 is 8.32 Å². The highest BCUT2D eigenvalue weighted by molar-refractivity contribution is 8.13. The molecule has 2 heterocycles. The van der Waals surface area contributed by atoms with Crippen molar-refractivity contribution >= 4 is 25.2 Å². The van der Waals surface area contributed by atoms with Crippen molar-refractivity contribution in [1.82, 2.24) is 0 Å². The van der Waals surface area contributed by atoms with Gasteiger partial charge in [0.15, 0.2) is 26.0 Å². The van der Waals surface area contributed by atoms with Gasteiger partial charge < -0.3 is 28.1 Å². The molecular weight excluding hydrogens is 581 g/mol. The number of ether oxygens (including phenoxy) is 5. The number of hydrogen-bond donors (Lipinski definition) is 0. The second-order valence-corrected chi connectivity index (χ2v) is 18.9. The van der Waals surface area contributed by atoms with E-state index >= 15 is 0 Å². The Bertz CT molecular complexity index is 1000. The third-order valence-corrected chi connectivity index (χ3v) is 10.2. The molecule has 1 aromatic carbocycles. The zero-order valence-corrected chi connectivity index (χ0v) is 28.8. The molecule has 0 radical (unpaired) electrons. The first-order chi connectivity index (χ1) is 20.7. The topological polar surface area (TPSA) is 72.5 Å². The number of thioether (sulfide) groups is 1. The van der Waals surface area contributed by atoms with Gasteiger partial charge in [0, 0.05) is 45.3 Å². The molecule has 242 valence electrons. The minimum atomic E-state index is -1.81. The Kier molecular flexibility index (Phi) is 14.3. The molecule has 1 aliphatic carbocycles. The van der Waals surface area contributed by atoms with Crippen LogP contribution in [0.15, 0.2) is 36.4 Å². The van der Waals surface area contributed by atoms with E-state index in [4.69, 9.17) is 28.1 Å². The van der Waals surface area contributed by atoms with Crippen LogP contribution in [0.5, 0.6) is 0 Å². The van der Waals surface area contributed by atoms with E-state index in [1.165, 1.54) is 17.3 Å². The molecular formula is C34H54O7SSi. The smallest absolute Gasteiger partial charge is 0.185 e. The van der Waals surface area contributed by atoms with Crippen molar-refractivity contribution in [1.29, 1.82) is 0 Å². The average molecular weight is 635 g/mol. The maximum absolute atomic E-state index is 11.8. The van der Waals surface area contributed by atoms with E-state index in [-0.39, 0.29) is 47.8 Å². The van der Waals surface area contributed by atoms with Crippen LogP contribution in [-0.4, -0.2) is 70.4 Å². The predicted molar refractivity (Wildman–Crippen MR) is 174 cm³/mol. The van der Waals surface area contributed by atoms with Crippen LogP contribution in [0.25, 0.3) is 0 Å². The fraction of sp³-hybridized carbons (Fsp3) is 0.735. The van der Waals surface area contributed by atoms with Crippen molar-refractivity contribution < 1.29 is 32.9 Å². The van der Waals surface area contributed by atoms with E-state index in [0.717, 1.165) is 82.3 Å².